The second-order valence-electron chi connectivity index (χ2n) is 4.95. The molecule has 1 aromatic rings. The van der Waals surface area contributed by atoms with Crippen LogP contribution in [0.5, 0.6) is 0 Å². The summed E-state index contributed by atoms with van der Waals surface area (Å²) in [7, 11) is 0. The molecule has 1 saturated heterocycles. The third kappa shape index (κ3) is 1.87. The van der Waals surface area contributed by atoms with Crippen LogP contribution >= 0.6 is 0 Å². The first-order valence-corrected chi connectivity index (χ1v) is 6.27. The Morgan fingerprint density at radius 2 is 2.12 bits per heavy atom. The first-order valence-electron chi connectivity index (χ1n) is 6.27. The topological polar surface area (TPSA) is 50.1 Å². The molecule has 2 aliphatic heterocycles. The van der Waals surface area contributed by atoms with Crippen molar-refractivity contribution in [2.24, 2.45) is 0 Å². The Kier molecular flexibility index (Phi) is 2.69. The number of hydrogen-bond donors (Lipinski definition) is 2. The van der Waals surface area contributed by atoms with Crippen molar-refractivity contribution < 1.29 is 5.11 Å². The van der Waals surface area contributed by atoms with Gasteiger partial charge in [0.25, 0.3) is 0 Å². The van der Waals surface area contributed by atoms with Gasteiger partial charge in [-0.25, -0.2) is 4.98 Å². The van der Waals surface area contributed by atoms with Gasteiger partial charge in [0.2, 0.25) is 0 Å². The molecule has 2 aliphatic rings. The number of aliphatic hydroxyl groups is 1. The van der Waals surface area contributed by atoms with E-state index in [-0.39, 0.29) is 6.10 Å². The molecule has 16 heavy (non-hydrogen) atoms. The minimum absolute atomic E-state index is 0.184. The molecule has 3 rings (SSSR count). The summed E-state index contributed by atoms with van der Waals surface area (Å²) in [4.78, 5) is 4.70. The third-order valence-electron chi connectivity index (χ3n) is 3.76. The van der Waals surface area contributed by atoms with Crippen LogP contribution in [0.15, 0.2) is 6.20 Å². The molecule has 0 spiro atoms. The van der Waals surface area contributed by atoms with Crippen molar-refractivity contribution in [3.8, 4) is 0 Å². The van der Waals surface area contributed by atoms with E-state index in [0.29, 0.717) is 5.92 Å². The zero-order chi connectivity index (χ0) is 11.0. The summed E-state index contributed by atoms with van der Waals surface area (Å²) >= 11 is 0. The highest BCUT2D eigenvalue weighted by molar-refractivity contribution is 5.12. The van der Waals surface area contributed by atoms with Crippen LogP contribution in [-0.4, -0.2) is 33.9 Å². The maximum absolute atomic E-state index is 9.61. The first-order chi connectivity index (χ1) is 7.83. The molecule has 1 unspecified atom stereocenters. The lowest BCUT2D eigenvalue weighted by Crippen LogP contribution is -2.26. The number of fused-ring (bicyclic) bond motifs is 1. The molecule has 1 atom stereocenters. The minimum atomic E-state index is -0.184. The molecule has 4 nitrogen and oxygen atoms in total. The molecular formula is C12H19N3O. The van der Waals surface area contributed by atoms with Gasteiger partial charge in [-0.1, -0.05) is 0 Å². The summed E-state index contributed by atoms with van der Waals surface area (Å²) in [6.07, 6.45) is 6.01. The molecule has 2 N–H and O–H groups in total. The van der Waals surface area contributed by atoms with Crippen LogP contribution in [0.2, 0.25) is 0 Å². The fourth-order valence-electron chi connectivity index (χ4n) is 2.75. The second kappa shape index (κ2) is 4.18. The molecule has 0 amide bonds. The number of aliphatic hydroxyl groups excluding tert-OH is 1. The molecule has 0 aromatic carbocycles. The van der Waals surface area contributed by atoms with E-state index in [4.69, 9.17) is 4.98 Å². The molecule has 0 aliphatic carbocycles. The summed E-state index contributed by atoms with van der Waals surface area (Å²) in [5.74, 6) is 1.70. The summed E-state index contributed by atoms with van der Waals surface area (Å²) in [6, 6.07) is 0. The van der Waals surface area contributed by atoms with Crippen molar-refractivity contribution in [2.45, 2.75) is 44.2 Å². The molecular weight excluding hydrogens is 202 g/mol. The monoisotopic (exact) mass is 221 g/mol. The van der Waals surface area contributed by atoms with Gasteiger partial charge in [0.1, 0.15) is 5.82 Å². The Labute approximate surface area is 95.7 Å². The fraction of sp³-hybridized carbons (Fsp3) is 0.750. The zero-order valence-electron chi connectivity index (χ0n) is 9.52. The molecule has 3 heterocycles. The van der Waals surface area contributed by atoms with E-state index in [1.165, 1.54) is 18.5 Å². The molecule has 0 saturated carbocycles. The number of aromatic nitrogens is 2. The smallest absolute Gasteiger partial charge is 0.111 e. The predicted octanol–water partition coefficient (Wildman–Crippen LogP) is 0.657. The fourth-order valence-corrected chi connectivity index (χ4v) is 2.75. The van der Waals surface area contributed by atoms with Crippen LogP contribution in [0.25, 0.3) is 0 Å². The maximum Gasteiger partial charge on any atom is 0.111 e. The van der Waals surface area contributed by atoms with Gasteiger partial charge in [-0.3, -0.25) is 0 Å². The minimum Gasteiger partial charge on any atom is -0.393 e. The Hall–Kier alpha value is -0.870. The van der Waals surface area contributed by atoms with Crippen molar-refractivity contribution in [3.63, 3.8) is 0 Å². The number of nitrogens with zero attached hydrogens (tertiary/aromatic N) is 2. The number of nitrogens with one attached hydrogen (secondary N) is 1. The summed E-state index contributed by atoms with van der Waals surface area (Å²) in [5.41, 5.74) is 1.24. The van der Waals surface area contributed by atoms with Crippen LogP contribution in [0.4, 0.5) is 0 Å². The van der Waals surface area contributed by atoms with Crippen molar-refractivity contribution in [3.05, 3.63) is 17.7 Å². The van der Waals surface area contributed by atoms with E-state index in [9.17, 15) is 5.11 Å². The first kappa shape index (κ1) is 10.3. The molecule has 1 fully saturated rings. The van der Waals surface area contributed by atoms with E-state index in [1.807, 2.05) is 0 Å². The van der Waals surface area contributed by atoms with Gasteiger partial charge in [0, 0.05) is 25.1 Å². The zero-order valence-corrected chi connectivity index (χ0v) is 9.52. The summed E-state index contributed by atoms with van der Waals surface area (Å²) < 4.78 is 2.23. The summed E-state index contributed by atoms with van der Waals surface area (Å²) in [5, 5.41) is 13.0. The normalized spacial score (nSPS) is 26.7. The average Bonchev–Trinajstić information content (AvgIpc) is 2.73. The average molecular weight is 221 g/mol. The van der Waals surface area contributed by atoms with Gasteiger partial charge < -0.3 is 15.0 Å². The Bertz CT molecular complexity index is 368. The number of rotatable bonds is 1. The van der Waals surface area contributed by atoms with Crippen LogP contribution in [0.3, 0.4) is 0 Å². The number of piperidine rings is 1. The Morgan fingerprint density at radius 1 is 1.31 bits per heavy atom. The van der Waals surface area contributed by atoms with Crippen LogP contribution in [-0.2, 0) is 13.0 Å². The highest BCUT2D eigenvalue weighted by Gasteiger charge is 2.23. The summed E-state index contributed by atoms with van der Waals surface area (Å²) in [6.45, 7) is 3.14. The van der Waals surface area contributed by atoms with Crippen LogP contribution in [0.1, 0.15) is 36.7 Å². The predicted molar refractivity (Wildman–Crippen MR) is 61.4 cm³/mol. The highest BCUT2D eigenvalue weighted by atomic mass is 16.3. The SMILES string of the molecule is OC1CCn2cc(C3CCNCC3)nc2C1. The number of hydrogen-bond acceptors (Lipinski definition) is 3. The van der Waals surface area contributed by atoms with Crippen LogP contribution < -0.4 is 5.32 Å². The number of aryl methyl sites for hydroxylation is 1. The lowest BCUT2D eigenvalue weighted by molar-refractivity contribution is 0.141. The van der Waals surface area contributed by atoms with Gasteiger partial charge in [-0.05, 0) is 32.4 Å². The van der Waals surface area contributed by atoms with Gasteiger partial charge >= 0.3 is 0 Å². The standard InChI is InChI=1S/C12H19N3O/c16-10-3-6-15-8-11(14-12(15)7-10)9-1-4-13-5-2-9/h8-10,13,16H,1-7H2. The third-order valence-corrected chi connectivity index (χ3v) is 3.76. The molecule has 0 bridgehead atoms. The second-order valence-corrected chi connectivity index (χ2v) is 4.95. The van der Waals surface area contributed by atoms with Gasteiger partial charge in [-0.2, -0.15) is 0 Å². The van der Waals surface area contributed by atoms with Crippen molar-refractivity contribution >= 4 is 0 Å². The highest BCUT2D eigenvalue weighted by Crippen LogP contribution is 2.26. The number of imidazole rings is 1. The Morgan fingerprint density at radius 3 is 2.94 bits per heavy atom. The maximum atomic E-state index is 9.61. The van der Waals surface area contributed by atoms with Crippen molar-refractivity contribution in [2.75, 3.05) is 13.1 Å². The lowest BCUT2D eigenvalue weighted by Gasteiger charge is -2.20. The van der Waals surface area contributed by atoms with Crippen molar-refractivity contribution in [1.82, 2.24) is 14.9 Å². The van der Waals surface area contributed by atoms with Gasteiger partial charge in [0.15, 0.2) is 0 Å². The quantitative estimate of drug-likeness (QED) is 0.732. The molecule has 4 heteroatoms. The van der Waals surface area contributed by atoms with Crippen LogP contribution in [0, 0.1) is 0 Å². The molecule has 1 aromatic heterocycles. The largest absolute Gasteiger partial charge is 0.393 e. The van der Waals surface area contributed by atoms with E-state index in [0.717, 1.165) is 38.3 Å². The van der Waals surface area contributed by atoms with E-state index in [2.05, 4.69) is 16.1 Å². The van der Waals surface area contributed by atoms with Gasteiger partial charge in [-0.15, -0.1) is 0 Å². The van der Waals surface area contributed by atoms with E-state index in [1.54, 1.807) is 0 Å². The van der Waals surface area contributed by atoms with Crippen molar-refractivity contribution in [1.29, 1.82) is 0 Å². The Balaban J connectivity index is 1.80. The molecule has 0 radical (unpaired) electrons. The van der Waals surface area contributed by atoms with E-state index < -0.39 is 0 Å². The lowest BCUT2D eigenvalue weighted by atomic mass is 9.95. The van der Waals surface area contributed by atoms with Gasteiger partial charge in [0.05, 0.1) is 11.8 Å². The molecule has 88 valence electrons. The van der Waals surface area contributed by atoms with E-state index >= 15 is 0 Å².